The van der Waals surface area contributed by atoms with Crippen molar-refractivity contribution in [2.45, 2.75) is 10.9 Å². The topological polar surface area (TPSA) is 17.8 Å². The van der Waals surface area contributed by atoms with E-state index in [-0.39, 0.29) is 5.82 Å². The standard InChI is InChI=1S/C22H15BrClFN2S/c23-17-5-3-16(4-6-17)21-13-26-22(27(21)20-11-7-18(24)8-12-20)28-14-15-1-9-19(25)10-2-15/h1-13H,14H2. The SMILES string of the molecule is Fc1ccc(CSc2ncc(-c3ccc(Br)cc3)n2-c2ccc(Cl)cc2)cc1. The second-order valence-electron chi connectivity index (χ2n) is 6.16. The summed E-state index contributed by atoms with van der Waals surface area (Å²) >= 11 is 11.2. The quantitative estimate of drug-likeness (QED) is 0.281. The van der Waals surface area contributed by atoms with Gasteiger partial charge in [-0.2, -0.15) is 0 Å². The lowest BCUT2D eigenvalue weighted by molar-refractivity contribution is 0.627. The van der Waals surface area contributed by atoms with E-state index in [0.29, 0.717) is 10.8 Å². The molecule has 0 aliphatic carbocycles. The molecule has 4 aromatic rings. The van der Waals surface area contributed by atoms with Crippen LogP contribution < -0.4 is 0 Å². The van der Waals surface area contributed by atoms with Crippen LogP contribution in [0.15, 0.2) is 88.6 Å². The zero-order valence-electron chi connectivity index (χ0n) is 14.6. The fraction of sp³-hybridized carbons (Fsp3) is 0.0455. The van der Waals surface area contributed by atoms with Crippen molar-refractivity contribution in [3.63, 3.8) is 0 Å². The van der Waals surface area contributed by atoms with Crippen LogP contribution in [0.2, 0.25) is 5.02 Å². The monoisotopic (exact) mass is 472 g/mol. The molecule has 2 nitrogen and oxygen atoms in total. The number of hydrogen-bond acceptors (Lipinski definition) is 2. The molecule has 0 unspecified atom stereocenters. The molecule has 0 atom stereocenters. The first-order valence-corrected chi connectivity index (χ1v) is 10.7. The van der Waals surface area contributed by atoms with Gasteiger partial charge in [0, 0.05) is 26.5 Å². The molecule has 0 bridgehead atoms. The molecule has 0 N–H and O–H groups in total. The molecule has 0 saturated carbocycles. The second-order valence-corrected chi connectivity index (χ2v) is 8.45. The molecular formula is C22H15BrClFN2S. The molecule has 0 amide bonds. The minimum atomic E-state index is -0.228. The Kier molecular flexibility index (Phi) is 5.85. The Morgan fingerprint density at radius 2 is 1.61 bits per heavy atom. The predicted molar refractivity (Wildman–Crippen MR) is 118 cm³/mol. The molecule has 0 spiro atoms. The van der Waals surface area contributed by atoms with E-state index in [4.69, 9.17) is 11.6 Å². The van der Waals surface area contributed by atoms with Crippen LogP contribution in [0, 0.1) is 5.82 Å². The van der Waals surface area contributed by atoms with Gasteiger partial charge in [-0.25, -0.2) is 9.37 Å². The van der Waals surface area contributed by atoms with Crippen molar-refractivity contribution in [2.24, 2.45) is 0 Å². The number of thioether (sulfide) groups is 1. The molecule has 4 rings (SSSR count). The van der Waals surface area contributed by atoms with Crippen LogP contribution in [0.4, 0.5) is 4.39 Å². The zero-order chi connectivity index (χ0) is 19.5. The maximum Gasteiger partial charge on any atom is 0.173 e. The summed E-state index contributed by atoms with van der Waals surface area (Å²) in [6.45, 7) is 0. The lowest BCUT2D eigenvalue weighted by Crippen LogP contribution is -1.99. The molecule has 28 heavy (non-hydrogen) atoms. The summed E-state index contributed by atoms with van der Waals surface area (Å²) in [6.07, 6.45) is 1.88. The molecule has 3 aromatic carbocycles. The van der Waals surface area contributed by atoms with E-state index in [2.05, 4.69) is 37.6 Å². The maximum absolute atomic E-state index is 13.1. The van der Waals surface area contributed by atoms with Gasteiger partial charge in [-0.3, -0.25) is 4.57 Å². The van der Waals surface area contributed by atoms with Crippen LogP contribution >= 0.6 is 39.3 Å². The Balaban J connectivity index is 1.72. The highest BCUT2D eigenvalue weighted by Crippen LogP contribution is 2.32. The van der Waals surface area contributed by atoms with Crippen molar-refractivity contribution in [2.75, 3.05) is 0 Å². The number of benzene rings is 3. The van der Waals surface area contributed by atoms with Gasteiger partial charge in [0.25, 0.3) is 0 Å². The lowest BCUT2D eigenvalue weighted by atomic mass is 10.1. The Labute approximate surface area is 180 Å². The van der Waals surface area contributed by atoms with Gasteiger partial charge in [-0.15, -0.1) is 0 Å². The first kappa shape index (κ1) is 19.2. The van der Waals surface area contributed by atoms with E-state index in [0.717, 1.165) is 32.1 Å². The highest BCUT2D eigenvalue weighted by atomic mass is 79.9. The van der Waals surface area contributed by atoms with Crippen LogP contribution in [0.1, 0.15) is 5.56 Å². The van der Waals surface area contributed by atoms with Crippen molar-refractivity contribution in [3.8, 4) is 16.9 Å². The van der Waals surface area contributed by atoms with Gasteiger partial charge in [0.2, 0.25) is 0 Å². The first-order chi connectivity index (χ1) is 13.6. The largest absolute Gasteiger partial charge is 0.287 e. The first-order valence-electron chi connectivity index (χ1n) is 8.57. The third-order valence-electron chi connectivity index (χ3n) is 4.24. The Hall–Kier alpha value is -2.08. The van der Waals surface area contributed by atoms with Crippen LogP contribution in [-0.4, -0.2) is 9.55 Å². The lowest BCUT2D eigenvalue weighted by Gasteiger charge is -2.12. The van der Waals surface area contributed by atoms with Gasteiger partial charge in [-0.05, 0) is 54.1 Å². The normalized spacial score (nSPS) is 11.0. The van der Waals surface area contributed by atoms with Gasteiger partial charge in [-0.1, -0.05) is 63.6 Å². The number of hydrogen-bond donors (Lipinski definition) is 0. The Morgan fingerprint density at radius 3 is 2.29 bits per heavy atom. The van der Waals surface area contributed by atoms with Gasteiger partial charge in [0.15, 0.2) is 5.16 Å². The summed E-state index contributed by atoms with van der Waals surface area (Å²) < 4.78 is 16.3. The third-order valence-corrected chi connectivity index (χ3v) is 6.04. The minimum absolute atomic E-state index is 0.228. The summed E-state index contributed by atoms with van der Waals surface area (Å²) in [5, 5.41) is 1.55. The summed E-state index contributed by atoms with van der Waals surface area (Å²) in [6, 6.07) is 22.4. The van der Waals surface area contributed by atoms with E-state index < -0.39 is 0 Å². The van der Waals surface area contributed by atoms with E-state index >= 15 is 0 Å². The van der Waals surface area contributed by atoms with Crippen LogP contribution in [0.5, 0.6) is 0 Å². The molecule has 0 saturated heterocycles. The zero-order valence-corrected chi connectivity index (χ0v) is 17.8. The maximum atomic E-state index is 13.1. The molecule has 6 heteroatoms. The van der Waals surface area contributed by atoms with Crippen molar-refractivity contribution in [1.82, 2.24) is 9.55 Å². The Morgan fingerprint density at radius 1 is 0.929 bits per heavy atom. The molecule has 140 valence electrons. The summed E-state index contributed by atoms with van der Waals surface area (Å²) in [7, 11) is 0. The molecule has 0 aliphatic heterocycles. The molecule has 1 heterocycles. The van der Waals surface area contributed by atoms with Crippen LogP contribution in [0.3, 0.4) is 0 Å². The number of nitrogens with zero attached hydrogens (tertiary/aromatic N) is 2. The van der Waals surface area contributed by atoms with Gasteiger partial charge >= 0.3 is 0 Å². The summed E-state index contributed by atoms with van der Waals surface area (Å²) in [5.41, 5.74) is 4.10. The van der Waals surface area contributed by atoms with Crippen molar-refractivity contribution >= 4 is 39.3 Å². The number of aromatic nitrogens is 2. The third kappa shape index (κ3) is 4.32. The average molecular weight is 474 g/mol. The summed E-state index contributed by atoms with van der Waals surface area (Å²) in [4.78, 5) is 4.65. The predicted octanol–water partition coefficient (Wildman–Crippen LogP) is 7.39. The van der Waals surface area contributed by atoms with E-state index in [1.807, 2.05) is 42.6 Å². The van der Waals surface area contributed by atoms with E-state index in [1.165, 1.54) is 12.1 Å². The molecular weight excluding hydrogens is 459 g/mol. The van der Waals surface area contributed by atoms with Gasteiger partial charge in [0.05, 0.1) is 11.9 Å². The second kappa shape index (κ2) is 8.52. The molecule has 0 fully saturated rings. The van der Waals surface area contributed by atoms with Crippen LogP contribution in [0.25, 0.3) is 16.9 Å². The molecule has 1 aromatic heterocycles. The van der Waals surface area contributed by atoms with Gasteiger partial charge in [0.1, 0.15) is 5.82 Å². The van der Waals surface area contributed by atoms with Crippen molar-refractivity contribution < 1.29 is 4.39 Å². The fourth-order valence-electron chi connectivity index (χ4n) is 2.83. The summed E-state index contributed by atoms with van der Waals surface area (Å²) in [5.74, 6) is 0.471. The number of halogens is 3. The van der Waals surface area contributed by atoms with Crippen molar-refractivity contribution in [3.05, 3.63) is 99.9 Å². The fourth-order valence-corrected chi connectivity index (χ4v) is 4.17. The molecule has 0 radical (unpaired) electrons. The van der Waals surface area contributed by atoms with E-state index in [9.17, 15) is 4.39 Å². The van der Waals surface area contributed by atoms with E-state index in [1.54, 1.807) is 23.9 Å². The van der Waals surface area contributed by atoms with Gasteiger partial charge < -0.3 is 0 Å². The number of rotatable bonds is 5. The smallest absolute Gasteiger partial charge is 0.173 e. The van der Waals surface area contributed by atoms with Crippen molar-refractivity contribution in [1.29, 1.82) is 0 Å². The molecule has 0 aliphatic rings. The highest BCUT2D eigenvalue weighted by molar-refractivity contribution is 9.10. The minimum Gasteiger partial charge on any atom is -0.287 e. The average Bonchev–Trinajstić information content (AvgIpc) is 3.13. The Bertz CT molecular complexity index is 1080. The van der Waals surface area contributed by atoms with Crippen LogP contribution in [-0.2, 0) is 5.75 Å². The number of imidazole rings is 1. The highest BCUT2D eigenvalue weighted by Gasteiger charge is 2.14.